The normalized spacial score (nSPS) is 11.2. The van der Waals surface area contributed by atoms with Gasteiger partial charge < -0.3 is 4.90 Å². The number of aromatic nitrogens is 2. The molecule has 2 aromatic heterocycles. The first-order valence-electron chi connectivity index (χ1n) is 16.7. The number of rotatable bonds is 7. The Hall–Kier alpha value is -6.36. The van der Waals surface area contributed by atoms with Gasteiger partial charge in [-0.3, -0.25) is 0 Å². The molecule has 7 aromatic carbocycles. The number of fused-ring (bicyclic) bond motifs is 3. The molecule has 0 spiro atoms. The van der Waals surface area contributed by atoms with Crippen LogP contribution in [0.3, 0.4) is 0 Å². The number of hydrogen-bond acceptors (Lipinski definition) is 4. The van der Waals surface area contributed by atoms with Crippen molar-refractivity contribution in [2.45, 2.75) is 0 Å². The molecule has 0 bridgehead atoms. The lowest BCUT2D eigenvalue weighted by Gasteiger charge is -2.25. The fraction of sp³-hybridized carbons (Fsp3) is 0. The van der Waals surface area contributed by atoms with E-state index in [4.69, 9.17) is 9.97 Å². The standard InChI is InChI=1S/C46H31N3S/c1-5-14-33(15-6-1)41-31-42(48-46(47-41)34-16-7-2-8-17-34)39-22-13-23-43-45(39)40-29-26-35(30-44(40)50-43)32-24-27-38(28-25-32)49(36-18-9-3-10-19-36)37-20-11-4-12-21-37/h1-31H. The van der Waals surface area contributed by atoms with Gasteiger partial charge in [0.2, 0.25) is 0 Å². The average molecular weight is 658 g/mol. The summed E-state index contributed by atoms with van der Waals surface area (Å²) in [5.41, 5.74) is 10.8. The van der Waals surface area contributed by atoms with E-state index in [9.17, 15) is 0 Å². The van der Waals surface area contributed by atoms with Crippen LogP contribution in [0.2, 0.25) is 0 Å². The molecule has 0 atom stereocenters. The summed E-state index contributed by atoms with van der Waals surface area (Å²) in [7, 11) is 0. The first-order valence-corrected chi connectivity index (χ1v) is 17.6. The molecule has 0 saturated heterocycles. The Morgan fingerprint density at radius 1 is 0.380 bits per heavy atom. The Bertz CT molecular complexity index is 2470. The van der Waals surface area contributed by atoms with Gasteiger partial charge in [0.05, 0.1) is 11.4 Å². The minimum absolute atomic E-state index is 0.724. The van der Waals surface area contributed by atoms with Crippen molar-refractivity contribution < 1.29 is 0 Å². The van der Waals surface area contributed by atoms with Crippen molar-refractivity contribution in [2.24, 2.45) is 0 Å². The summed E-state index contributed by atoms with van der Waals surface area (Å²) in [5.74, 6) is 0.724. The number of para-hydroxylation sites is 2. The lowest BCUT2D eigenvalue weighted by molar-refractivity contribution is 1.19. The van der Waals surface area contributed by atoms with Gasteiger partial charge in [0, 0.05) is 53.9 Å². The first-order chi connectivity index (χ1) is 24.8. The summed E-state index contributed by atoms with van der Waals surface area (Å²) < 4.78 is 2.50. The highest BCUT2D eigenvalue weighted by Crippen LogP contribution is 2.42. The van der Waals surface area contributed by atoms with E-state index in [1.807, 2.05) is 35.6 Å². The predicted octanol–water partition coefficient (Wildman–Crippen LogP) is 13.0. The number of benzene rings is 7. The van der Waals surface area contributed by atoms with E-state index in [1.165, 1.54) is 31.3 Å². The molecule has 0 fully saturated rings. The lowest BCUT2D eigenvalue weighted by atomic mass is 9.99. The molecule has 9 rings (SSSR count). The van der Waals surface area contributed by atoms with Crippen LogP contribution < -0.4 is 4.90 Å². The molecule has 2 heterocycles. The summed E-state index contributed by atoms with van der Waals surface area (Å²) >= 11 is 1.83. The molecular formula is C46H31N3S. The van der Waals surface area contributed by atoms with Crippen molar-refractivity contribution >= 4 is 48.6 Å². The van der Waals surface area contributed by atoms with E-state index in [1.54, 1.807) is 0 Å². The summed E-state index contributed by atoms with van der Waals surface area (Å²) in [4.78, 5) is 12.5. The highest BCUT2D eigenvalue weighted by atomic mass is 32.1. The van der Waals surface area contributed by atoms with E-state index < -0.39 is 0 Å². The largest absolute Gasteiger partial charge is 0.311 e. The minimum Gasteiger partial charge on any atom is -0.311 e. The van der Waals surface area contributed by atoms with Gasteiger partial charge in [-0.05, 0) is 65.7 Å². The lowest BCUT2D eigenvalue weighted by Crippen LogP contribution is -2.09. The molecule has 0 N–H and O–H groups in total. The second-order valence-electron chi connectivity index (χ2n) is 12.2. The smallest absolute Gasteiger partial charge is 0.160 e. The maximum absolute atomic E-state index is 5.16. The van der Waals surface area contributed by atoms with Crippen LogP contribution in [-0.4, -0.2) is 9.97 Å². The van der Waals surface area contributed by atoms with Gasteiger partial charge in [0.25, 0.3) is 0 Å². The van der Waals surface area contributed by atoms with Crippen molar-refractivity contribution in [1.82, 2.24) is 9.97 Å². The second kappa shape index (κ2) is 12.9. The van der Waals surface area contributed by atoms with Crippen molar-refractivity contribution in [3.8, 4) is 45.0 Å². The zero-order chi connectivity index (χ0) is 33.3. The van der Waals surface area contributed by atoms with Gasteiger partial charge in [-0.1, -0.05) is 133 Å². The molecule has 0 aliphatic rings. The first kappa shape index (κ1) is 29.8. The molecule has 0 aliphatic heterocycles. The van der Waals surface area contributed by atoms with Crippen molar-refractivity contribution in [3.63, 3.8) is 0 Å². The Morgan fingerprint density at radius 3 is 1.60 bits per heavy atom. The topological polar surface area (TPSA) is 29.0 Å². The highest BCUT2D eigenvalue weighted by Gasteiger charge is 2.17. The zero-order valence-corrected chi connectivity index (χ0v) is 28.0. The van der Waals surface area contributed by atoms with Crippen molar-refractivity contribution in [2.75, 3.05) is 4.90 Å². The molecule has 0 radical (unpaired) electrons. The molecule has 9 aromatic rings. The summed E-state index contributed by atoms with van der Waals surface area (Å²) in [5, 5.41) is 2.47. The van der Waals surface area contributed by atoms with Crippen LogP contribution in [0.4, 0.5) is 17.1 Å². The van der Waals surface area contributed by atoms with Crippen LogP contribution in [0.5, 0.6) is 0 Å². The van der Waals surface area contributed by atoms with Crippen LogP contribution in [0, 0.1) is 0 Å². The molecule has 0 saturated carbocycles. The third-order valence-electron chi connectivity index (χ3n) is 9.09. The fourth-order valence-electron chi connectivity index (χ4n) is 6.68. The third kappa shape index (κ3) is 5.62. The van der Waals surface area contributed by atoms with E-state index in [2.05, 4.69) is 169 Å². The Balaban J connectivity index is 1.12. The molecule has 236 valence electrons. The zero-order valence-electron chi connectivity index (χ0n) is 27.1. The van der Waals surface area contributed by atoms with E-state index in [0.717, 1.165) is 51.0 Å². The van der Waals surface area contributed by atoms with Crippen molar-refractivity contribution in [1.29, 1.82) is 0 Å². The SMILES string of the molecule is c1ccc(-c2cc(-c3cccc4sc5cc(-c6ccc(N(c7ccccc7)c7ccccc7)cc6)ccc5c34)nc(-c3ccccc3)n2)cc1. The highest BCUT2D eigenvalue weighted by molar-refractivity contribution is 7.26. The van der Waals surface area contributed by atoms with Gasteiger partial charge >= 0.3 is 0 Å². The Morgan fingerprint density at radius 2 is 0.940 bits per heavy atom. The molecule has 50 heavy (non-hydrogen) atoms. The second-order valence-corrected chi connectivity index (χ2v) is 13.3. The van der Waals surface area contributed by atoms with E-state index >= 15 is 0 Å². The Kier molecular flexibility index (Phi) is 7.69. The molecule has 0 aliphatic carbocycles. The van der Waals surface area contributed by atoms with E-state index in [-0.39, 0.29) is 0 Å². The van der Waals surface area contributed by atoms with Gasteiger partial charge in [0.15, 0.2) is 5.82 Å². The van der Waals surface area contributed by atoms with Crippen molar-refractivity contribution in [3.05, 3.63) is 188 Å². The number of hydrogen-bond donors (Lipinski definition) is 0. The fourth-order valence-corrected chi connectivity index (χ4v) is 7.85. The van der Waals surface area contributed by atoms with Crippen LogP contribution >= 0.6 is 11.3 Å². The summed E-state index contributed by atoms with van der Waals surface area (Å²) in [6, 6.07) is 66.1. The number of thiophene rings is 1. The monoisotopic (exact) mass is 657 g/mol. The maximum atomic E-state index is 5.16. The van der Waals surface area contributed by atoms with Crippen LogP contribution in [0.25, 0.3) is 65.2 Å². The summed E-state index contributed by atoms with van der Waals surface area (Å²) in [6.07, 6.45) is 0. The van der Waals surface area contributed by atoms with Crippen LogP contribution in [0.15, 0.2) is 188 Å². The molecule has 4 heteroatoms. The predicted molar refractivity (Wildman–Crippen MR) is 211 cm³/mol. The average Bonchev–Trinajstić information content (AvgIpc) is 3.58. The molecule has 0 amide bonds. The quantitative estimate of drug-likeness (QED) is 0.171. The van der Waals surface area contributed by atoms with Gasteiger partial charge in [-0.25, -0.2) is 9.97 Å². The molecule has 0 unspecified atom stereocenters. The van der Waals surface area contributed by atoms with Crippen LogP contribution in [0.1, 0.15) is 0 Å². The third-order valence-corrected chi connectivity index (χ3v) is 10.2. The molecular weight excluding hydrogens is 627 g/mol. The van der Waals surface area contributed by atoms with E-state index in [0.29, 0.717) is 0 Å². The number of anilines is 3. The molecule has 3 nitrogen and oxygen atoms in total. The number of nitrogens with zero attached hydrogens (tertiary/aromatic N) is 3. The van der Waals surface area contributed by atoms with Gasteiger partial charge in [0.1, 0.15) is 0 Å². The maximum Gasteiger partial charge on any atom is 0.160 e. The minimum atomic E-state index is 0.724. The van der Waals surface area contributed by atoms with Gasteiger partial charge in [-0.2, -0.15) is 0 Å². The van der Waals surface area contributed by atoms with Crippen LogP contribution in [-0.2, 0) is 0 Å². The van der Waals surface area contributed by atoms with Gasteiger partial charge in [-0.15, -0.1) is 11.3 Å². The Labute approximate surface area is 295 Å². The summed E-state index contributed by atoms with van der Waals surface area (Å²) in [6.45, 7) is 0.